The van der Waals surface area contributed by atoms with Crippen LogP contribution in [0.5, 0.6) is 0 Å². The summed E-state index contributed by atoms with van der Waals surface area (Å²) in [7, 11) is -5.19. The molecule has 0 spiro atoms. The first-order chi connectivity index (χ1) is 28.5. The van der Waals surface area contributed by atoms with E-state index in [0.29, 0.717) is 0 Å². The molecule has 4 fully saturated rings. The molecule has 0 aromatic rings. The lowest BCUT2D eigenvalue weighted by molar-refractivity contribution is -0.373. The van der Waals surface area contributed by atoms with E-state index in [9.17, 15) is 64.8 Å². The van der Waals surface area contributed by atoms with Crippen molar-refractivity contribution in [3.05, 3.63) is 0 Å². The molecule has 61 heavy (non-hydrogen) atoms. The summed E-state index contributed by atoms with van der Waals surface area (Å²) in [5.41, 5.74) is 0. The quantitative estimate of drug-likeness (QED) is 0.0275. The van der Waals surface area contributed by atoms with Gasteiger partial charge < -0.3 is 72.3 Å². The highest BCUT2D eigenvalue weighted by Crippen LogP contribution is 2.39. The first-order valence-electron chi connectivity index (χ1n) is 18.4. The van der Waals surface area contributed by atoms with Gasteiger partial charge in [0.1, 0.15) is 82.9 Å². The van der Waals surface area contributed by atoms with Crippen LogP contribution < -0.4 is 0 Å². The van der Waals surface area contributed by atoms with Crippen molar-refractivity contribution in [2.75, 3.05) is 19.8 Å². The maximum atomic E-state index is 11.6. The molecule has 4 saturated heterocycles. The van der Waals surface area contributed by atoms with Crippen LogP contribution in [0.4, 0.5) is 0 Å². The summed E-state index contributed by atoms with van der Waals surface area (Å²) in [6.45, 7) is 5.49. The zero-order valence-corrected chi connectivity index (χ0v) is 35.9. The van der Waals surface area contributed by atoms with Gasteiger partial charge in [0.2, 0.25) is 0 Å². The van der Waals surface area contributed by atoms with E-state index in [1.165, 1.54) is 27.7 Å². The lowest BCUT2D eigenvalue weighted by Crippen LogP contribution is -2.60. The molecule has 12 unspecified atom stereocenters. The summed E-state index contributed by atoms with van der Waals surface area (Å²) in [5.74, 6) is -4.41. The van der Waals surface area contributed by atoms with Crippen LogP contribution in [0.15, 0.2) is 0 Å². The summed E-state index contributed by atoms with van der Waals surface area (Å²) in [6.07, 6.45) is -24.0. The zero-order valence-electron chi connectivity index (χ0n) is 32.7. The van der Waals surface area contributed by atoms with Crippen molar-refractivity contribution in [3.63, 3.8) is 0 Å². The van der Waals surface area contributed by atoms with E-state index < -0.39 is 186 Å². The van der Waals surface area contributed by atoms with Gasteiger partial charge in [-0.2, -0.15) is 8.42 Å². The monoisotopic (exact) mass is 973 g/mol. The molecule has 28 nitrogen and oxygen atoms in total. The standard InChI is InChI=1S/C29H52O28S4/c1-6-14-15(7-45-29-21(33)25(54-61(41,42)43)18(30)10(2)48-29)27(49-12(4)22(14)51-55-58(35)36)44-9-17-20(32)28(50-13(5)24(17)53-57-60(39)40)46-8-16-19(31)26(34)47-11(3)23(16)52-56-59(37)38/h10-34H,6-9H2,1-5H3,(H,35,36)(H,37,38)(H,39,40)(H,41,42,43)/p-3/t10?,11?,12?,13?,14-,15?,16+,17-,18-,19?,20?,21?,22-,23-,24-,25+,26?,27-,28-,29-/m1/s1. The third kappa shape index (κ3) is 14.5. The predicted molar refractivity (Wildman–Crippen MR) is 187 cm³/mol. The zero-order chi connectivity index (χ0) is 45.5. The molecule has 4 aliphatic rings. The van der Waals surface area contributed by atoms with Crippen molar-refractivity contribution >= 4 is 44.5 Å². The van der Waals surface area contributed by atoms with Crippen LogP contribution in [0.3, 0.4) is 0 Å². The maximum Gasteiger partial charge on any atom is 0.397 e. The molecule has 0 amide bonds. The molecule has 32 heteroatoms. The van der Waals surface area contributed by atoms with Crippen molar-refractivity contribution in [1.82, 2.24) is 0 Å². The Morgan fingerprint density at radius 2 is 0.918 bits per heavy atom. The first-order valence-corrected chi connectivity index (χ1v) is 22.7. The van der Waals surface area contributed by atoms with Crippen molar-refractivity contribution in [3.8, 4) is 0 Å². The van der Waals surface area contributed by atoms with Gasteiger partial charge in [0.15, 0.2) is 25.2 Å². The molecule has 6 N–H and O–H groups in total. The molecule has 0 bridgehead atoms. The van der Waals surface area contributed by atoms with E-state index >= 15 is 0 Å². The van der Waals surface area contributed by atoms with E-state index in [2.05, 4.69) is 17.2 Å². The summed E-state index contributed by atoms with van der Waals surface area (Å²) in [6, 6.07) is 0. The van der Waals surface area contributed by atoms with E-state index in [4.69, 9.17) is 47.8 Å². The van der Waals surface area contributed by atoms with E-state index in [1.807, 2.05) is 0 Å². The third-order valence-corrected chi connectivity index (χ3v) is 11.6. The molecular weight excluding hydrogens is 925 g/mol. The van der Waals surface area contributed by atoms with E-state index in [-0.39, 0.29) is 6.42 Å². The van der Waals surface area contributed by atoms with Gasteiger partial charge in [0, 0.05) is 23.7 Å². The van der Waals surface area contributed by atoms with Gasteiger partial charge in [0.05, 0.1) is 44.2 Å². The molecule has 4 aliphatic heterocycles. The molecule has 0 radical (unpaired) electrons. The van der Waals surface area contributed by atoms with Crippen LogP contribution in [0.25, 0.3) is 0 Å². The average Bonchev–Trinajstić information content (AvgIpc) is 3.16. The van der Waals surface area contributed by atoms with Crippen LogP contribution in [-0.4, -0.2) is 183 Å². The van der Waals surface area contributed by atoms with Gasteiger partial charge in [-0.1, -0.05) is 13.3 Å². The Labute approximate surface area is 356 Å². The van der Waals surface area contributed by atoms with E-state index in [0.717, 1.165) is 0 Å². The molecule has 0 aliphatic carbocycles. The summed E-state index contributed by atoms with van der Waals surface area (Å²) >= 11 is -9.52. The fourth-order valence-corrected chi connectivity index (χ4v) is 8.51. The summed E-state index contributed by atoms with van der Waals surface area (Å²) in [4.78, 5) is 15.1. The second-order valence-electron chi connectivity index (χ2n) is 14.4. The van der Waals surface area contributed by atoms with Gasteiger partial charge in [-0.25, -0.2) is 31.5 Å². The Kier molecular flexibility index (Phi) is 20.7. The number of aliphatic hydroxyl groups excluding tert-OH is 5. The van der Waals surface area contributed by atoms with Gasteiger partial charge >= 0.3 is 10.4 Å². The first kappa shape index (κ1) is 53.1. The highest BCUT2D eigenvalue weighted by Gasteiger charge is 2.52. The van der Waals surface area contributed by atoms with Crippen LogP contribution >= 0.6 is 0 Å². The lowest BCUT2D eigenvalue weighted by atomic mass is 9.80. The fourth-order valence-electron chi connectivity index (χ4n) is 7.54. The molecule has 360 valence electrons. The van der Waals surface area contributed by atoms with Crippen LogP contribution in [-0.2, 0) is 109 Å². The second-order valence-corrected chi connectivity index (χ2v) is 17.1. The molecule has 4 rings (SSSR count). The summed E-state index contributed by atoms with van der Waals surface area (Å²) < 4.78 is 157. The minimum Gasteiger partial charge on any atom is -0.748 e. The second kappa shape index (κ2) is 23.8. The highest BCUT2D eigenvalue weighted by molar-refractivity contribution is 7.80. The number of aliphatic hydroxyl groups is 5. The lowest BCUT2D eigenvalue weighted by Gasteiger charge is -2.47. The van der Waals surface area contributed by atoms with Crippen LogP contribution in [0.2, 0.25) is 0 Å². The Balaban J connectivity index is 1.58. The Morgan fingerprint density at radius 1 is 0.525 bits per heavy atom. The van der Waals surface area contributed by atoms with Crippen LogP contribution in [0.1, 0.15) is 41.0 Å². The SMILES string of the molecule is CC[C@@H]1C(CO[C@@H]2OC(C)[C@@H](O)[C@H](OS(=O)(=O)O)C2O)[C@H](OC[C@@H]2C(O)[C@H](OC[C@H]3C(O)C(O)OC(C)[C@H]3OOS(=O)[O-])OC(C)[C@H]2OOS(=O)[O-])OC(C)[C@H]1OOS(=O)[O-]. The summed E-state index contributed by atoms with van der Waals surface area (Å²) in [5, 5.41) is 53.7. The van der Waals surface area contributed by atoms with Gasteiger partial charge in [-0.15, -0.1) is 13.0 Å². The van der Waals surface area contributed by atoms with Crippen LogP contribution in [0, 0.1) is 23.7 Å². The predicted octanol–water partition coefficient (Wildman–Crippen LogP) is -4.15. The minimum atomic E-state index is -5.19. The highest BCUT2D eigenvalue weighted by atomic mass is 32.3. The Bertz CT molecular complexity index is 1550. The van der Waals surface area contributed by atoms with E-state index in [1.54, 1.807) is 6.92 Å². The molecular formula is C29H49O28S4-3. The third-order valence-electron chi connectivity index (χ3n) is 10.5. The smallest absolute Gasteiger partial charge is 0.397 e. The fraction of sp³-hybridized carbons (Fsp3) is 1.00. The molecule has 4 heterocycles. The normalized spacial score (nSPS) is 44.0. The largest absolute Gasteiger partial charge is 0.748 e. The van der Waals surface area contributed by atoms with Crippen molar-refractivity contribution in [1.29, 1.82) is 0 Å². The van der Waals surface area contributed by atoms with Crippen molar-refractivity contribution < 1.29 is 130 Å². The van der Waals surface area contributed by atoms with Crippen molar-refractivity contribution in [2.45, 2.75) is 139 Å². The Hall–Kier alpha value is -0.520. The number of hydrogen-bond acceptors (Lipinski definition) is 27. The maximum absolute atomic E-state index is 11.6. The Morgan fingerprint density at radius 3 is 1.39 bits per heavy atom. The number of hydrogen-bond donors (Lipinski definition) is 6. The molecule has 23 atom stereocenters. The topological polar surface area (TPSA) is 405 Å². The average molecular weight is 974 g/mol. The number of ether oxygens (including phenoxy) is 7. The minimum absolute atomic E-state index is 0.187. The van der Waals surface area contributed by atoms with Gasteiger partial charge in [-0.05, 0) is 27.7 Å². The molecule has 0 aromatic heterocycles. The number of rotatable bonds is 21. The molecule has 0 aromatic carbocycles. The molecule has 0 saturated carbocycles. The van der Waals surface area contributed by atoms with Gasteiger partial charge in [-0.3, -0.25) is 4.55 Å². The van der Waals surface area contributed by atoms with Crippen molar-refractivity contribution in [2.24, 2.45) is 23.7 Å². The van der Waals surface area contributed by atoms with Gasteiger partial charge in [0.25, 0.3) is 0 Å².